The maximum atomic E-state index is 13.0. The molecule has 0 aromatic heterocycles. The summed E-state index contributed by atoms with van der Waals surface area (Å²) in [6, 6.07) is 19.4. The quantitative estimate of drug-likeness (QED) is 0.309. The molecule has 1 saturated heterocycles. The van der Waals surface area contributed by atoms with Crippen LogP contribution in [0.25, 0.3) is 0 Å². The zero-order valence-electron chi connectivity index (χ0n) is 24.5. The van der Waals surface area contributed by atoms with Gasteiger partial charge in [-0.05, 0) is 41.6 Å². The van der Waals surface area contributed by atoms with Crippen LogP contribution in [0.15, 0.2) is 60.7 Å². The molecule has 214 valence electrons. The second-order valence-electron chi connectivity index (χ2n) is 12.0. The van der Waals surface area contributed by atoms with Gasteiger partial charge in [-0.25, -0.2) is 9.69 Å². The van der Waals surface area contributed by atoms with Crippen molar-refractivity contribution in [3.63, 3.8) is 0 Å². The fourth-order valence-corrected chi connectivity index (χ4v) is 5.69. The summed E-state index contributed by atoms with van der Waals surface area (Å²) in [5, 5.41) is 0.00527. The Labute approximate surface area is 234 Å². The minimum atomic E-state index is -2.15. The summed E-state index contributed by atoms with van der Waals surface area (Å²) in [6.07, 6.45) is -0.867. The third-order valence-electron chi connectivity index (χ3n) is 7.82. The first kappa shape index (κ1) is 31.0. The number of amides is 2. The molecule has 7 nitrogen and oxygen atoms in total. The molecule has 1 aliphatic rings. The van der Waals surface area contributed by atoms with E-state index in [1.807, 2.05) is 60.7 Å². The maximum absolute atomic E-state index is 13.0. The van der Waals surface area contributed by atoms with E-state index in [2.05, 4.69) is 40.8 Å². The van der Waals surface area contributed by atoms with Crippen molar-refractivity contribution in [2.45, 2.75) is 90.7 Å². The average molecular weight is 556 g/mol. The Morgan fingerprint density at radius 2 is 1.51 bits per heavy atom. The van der Waals surface area contributed by atoms with Crippen LogP contribution in [-0.2, 0) is 36.6 Å². The van der Waals surface area contributed by atoms with E-state index >= 15 is 0 Å². The summed E-state index contributed by atoms with van der Waals surface area (Å²) in [5.74, 6) is -0.208. The van der Waals surface area contributed by atoms with Crippen LogP contribution in [0, 0.1) is 5.92 Å². The maximum Gasteiger partial charge on any atom is 0.416 e. The van der Waals surface area contributed by atoms with Crippen LogP contribution < -0.4 is 0 Å². The van der Waals surface area contributed by atoms with Crippen molar-refractivity contribution in [1.82, 2.24) is 4.90 Å². The number of carbonyl (C=O) groups is 2. The Hall–Kier alpha value is -2.52. The number of nitrogens with zero attached hydrogens (tertiary/aromatic N) is 1. The SMILES string of the molecule is CC(=O)N(C[C@H]1O[C@@H](COCc2ccccc2)[C@@H](C)C[C@@H]1O[Si](C)(C)C(C)(C)C)C(=O)OCc1ccccc1. The zero-order chi connectivity index (χ0) is 28.6. The first-order valence-corrected chi connectivity index (χ1v) is 16.7. The topological polar surface area (TPSA) is 74.3 Å². The van der Waals surface area contributed by atoms with Gasteiger partial charge in [0, 0.05) is 6.92 Å². The molecule has 2 aromatic rings. The highest BCUT2D eigenvalue weighted by Crippen LogP contribution is 2.40. The van der Waals surface area contributed by atoms with Gasteiger partial charge in [0.05, 0.1) is 32.0 Å². The smallest absolute Gasteiger partial charge is 0.416 e. The summed E-state index contributed by atoms with van der Waals surface area (Å²) >= 11 is 0. The van der Waals surface area contributed by atoms with E-state index < -0.39 is 26.4 Å². The van der Waals surface area contributed by atoms with Gasteiger partial charge in [-0.1, -0.05) is 88.4 Å². The first-order chi connectivity index (χ1) is 18.4. The molecule has 1 aliphatic heterocycles. The lowest BCUT2D eigenvalue weighted by atomic mass is 9.91. The van der Waals surface area contributed by atoms with E-state index in [0.29, 0.717) is 13.2 Å². The number of imide groups is 1. The van der Waals surface area contributed by atoms with Crippen LogP contribution in [-0.4, -0.2) is 56.7 Å². The Morgan fingerprint density at radius 3 is 2.05 bits per heavy atom. The highest BCUT2D eigenvalue weighted by Gasteiger charge is 2.45. The molecule has 39 heavy (non-hydrogen) atoms. The highest BCUT2D eigenvalue weighted by molar-refractivity contribution is 6.74. The van der Waals surface area contributed by atoms with Crippen LogP contribution in [0.5, 0.6) is 0 Å². The molecule has 1 heterocycles. The second-order valence-corrected chi connectivity index (χ2v) is 16.8. The molecule has 0 N–H and O–H groups in total. The fraction of sp³-hybridized carbons (Fsp3) is 0.548. The van der Waals surface area contributed by atoms with E-state index in [4.69, 9.17) is 18.6 Å². The van der Waals surface area contributed by atoms with Gasteiger partial charge < -0.3 is 18.6 Å². The van der Waals surface area contributed by atoms with E-state index in [1.165, 1.54) is 6.92 Å². The van der Waals surface area contributed by atoms with E-state index in [1.54, 1.807) is 0 Å². The molecule has 0 spiro atoms. The second kappa shape index (κ2) is 13.7. The van der Waals surface area contributed by atoms with Crippen LogP contribution in [0.2, 0.25) is 18.1 Å². The molecule has 8 heteroatoms. The number of rotatable bonds is 10. The van der Waals surface area contributed by atoms with Gasteiger partial charge in [0.1, 0.15) is 12.7 Å². The third-order valence-corrected chi connectivity index (χ3v) is 12.3. The Kier molecular flexibility index (Phi) is 10.9. The number of benzene rings is 2. The van der Waals surface area contributed by atoms with Crippen molar-refractivity contribution in [1.29, 1.82) is 0 Å². The van der Waals surface area contributed by atoms with Gasteiger partial charge in [0.2, 0.25) is 5.91 Å². The normalized spacial score (nSPS) is 21.8. The van der Waals surface area contributed by atoms with E-state index in [9.17, 15) is 9.59 Å². The largest absolute Gasteiger partial charge is 0.444 e. The van der Waals surface area contributed by atoms with Gasteiger partial charge in [-0.2, -0.15) is 0 Å². The van der Waals surface area contributed by atoms with Gasteiger partial charge in [0.15, 0.2) is 8.32 Å². The molecule has 0 bridgehead atoms. The van der Waals surface area contributed by atoms with Crippen molar-refractivity contribution < 1.29 is 28.2 Å². The van der Waals surface area contributed by atoms with Crippen LogP contribution in [0.4, 0.5) is 4.79 Å². The molecule has 2 aromatic carbocycles. The summed E-state index contributed by atoms with van der Waals surface area (Å²) in [5.41, 5.74) is 1.95. The molecule has 0 saturated carbocycles. The van der Waals surface area contributed by atoms with Crippen molar-refractivity contribution >= 4 is 20.3 Å². The predicted molar refractivity (Wildman–Crippen MR) is 155 cm³/mol. The lowest BCUT2D eigenvalue weighted by Gasteiger charge is -2.46. The lowest BCUT2D eigenvalue weighted by molar-refractivity contribution is -0.165. The number of carbonyl (C=O) groups excluding carboxylic acids is 2. The standard InChI is InChI=1S/C31H45NO6Si/c1-23-18-27(38-39(6,7)31(3,4)5)28(37-29(23)22-35-20-25-14-10-8-11-15-25)19-32(24(2)33)30(34)36-21-26-16-12-9-13-17-26/h8-17,23,27-29H,18-22H2,1-7H3/t23-,27-,28+,29-/m0/s1. The van der Waals surface area contributed by atoms with Crippen molar-refractivity contribution in [3.05, 3.63) is 71.8 Å². The molecule has 4 atom stereocenters. The molecule has 0 aliphatic carbocycles. The van der Waals surface area contributed by atoms with Gasteiger partial charge in [-0.15, -0.1) is 0 Å². The Bertz CT molecular complexity index is 1060. The van der Waals surface area contributed by atoms with Crippen molar-refractivity contribution in [2.24, 2.45) is 5.92 Å². The zero-order valence-corrected chi connectivity index (χ0v) is 25.5. The Morgan fingerprint density at radius 1 is 0.949 bits per heavy atom. The van der Waals surface area contributed by atoms with Crippen LogP contribution >= 0.6 is 0 Å². The van der Waals surface area contributed by atoms with Crippen LogP contribution in [0.3, 0.4) is 0 Å². The van der Waals surface area contributed by atoms with Crippen molar-refractivity contribution in [3.8, 4) is 0 Å². The molecule has 0 radical (unpaired) electrons. The van der Waals surface area contributed by atoms with E-state index in [-0.39, 0.29) is 36.3 Å². The summed E-state index contributed by atoms with van der Waals surface area (Å²) in [4.78, 5) is 26.8. The van der Waals surface area contributed by atoms with E-state index in [0.717, 1.165) is 22.4 Å². The molecule has 3 rings (SSSR count). The minimum absolute atomic E-state index is 0.00527. The minimum Gasteiger partial charge on any atom is -0.444 e. The summed E-state index contributed by atoms with van der Waals surface area (Å²) in [7, 11) is -2.15. The lowest BCUT2D eigenvalue weighted by Crippen LogP contribution is -2.56. The molecular formula is C31H45NO6Si. The molecular weight excluding hydrogens is 510 g/mol. The molecule has 0 unspecified atom stereocenters. The predicted octanol–water partition coefficient (Wildman–Crippen LogP) is 6.57. The Balaban J connectivity index is 1.73. The fourth-order valence-electron chi connectivity index (χ4n) is 4.34. The number of ether oxygens (including phenoxy) is 3. The highest BCUT2D eigenvalue weighted by atomic mass is 28.4. The molecule has 2 amide bonds. The number of hydrogen-bond donors (Lipinski definition) is 0. The third kappa shape index (κ3) is 9.00. The van der Waals surface area contributed by atoms with Gasteiger partial charge in [0.25, 0.3) is 0 Å². The van der Waals surface area contributed by atoms with Crippen molar-refractivity contribution in [2.75, 3.05) is 13.2 Å². The average Bonchev–Trinajstić information content (AvgIpc) is 2.88. The van der Waals surface area contributed by atoms with Gasteiger partial charge >= 0.3 is 6.09 Å². The van der Waals surface area contributed by atoms with Gasteiger partial charge in [-0.3, -0.25) is 4.79 Å². The first-order valence-electron chi connectivity index (χ1n) is 13.8. The number of hydrogen-bond acceptors (Lipinski definition) is 6. The monoisotopic (exact) mass is 555 g/mol. The summed E-state index contributed by atoms with van der Waals surface area (Å²) < 4.78 is 24.9. The molecule has 1 fully saturated rings. The van der Waals surface area contributed by atoms with Crippen LogP contribution in [0.1, 0.15) is 52.2 Å². The summed E-state index contributed by atoms with van der Waals surface area (Å²) in [6.45, 7) is 15.6.